The topological polar surface area (TPSA) is 86.8 Å². The van der Waals surface area contributed by atoms with Crippen LogP contribution in [-0.2, 0) is 32.6 Å². The maximum absolute atomic E-state index is 15.0. The van der Waals surface area contributed by atoms with Gasteiger partial charge in [0.2, 0.25) is 11.8 Å². The largest absolute Gasteiger partial charge is 0.352 e. The van der Waals surface area contributed by atoms with E-state index in [-0.39, 0.29) is 29.5 Å². The number of benzene rings is 4. The lowest BCUT2D eigenvalue weighted by atomic mass is 10.0. The van der Waals surface area contributed by atoms with Crippen molar-refractivity contribution >= 4 is 27.5 Å². The predicted octanol–water partition coefficient (Wildman–Crippen LogP) is 5.80. The predicted molar refractivity (Wildman–Crippen MR) is 171 cm³/mol. The van der Waals surface area contributed by atoms with Crippen LogP contribution in [-0.4, -0.2) is 43.8 Å². The molecule has 7 nitrogen and oxygen atoms in total. The Kier molecular flexibility index (Phi) is 10.5. The zero-order valence-electron chi connectivity index (χ0n) is 25.4. The molecule has 0 radical (unpaired) electrons. The van der Waals surface area contributed by atoms with E-state index in [0.29, 0.717) is 11.3 Å². The summed E-state index contributed by atoms with van der Waals surface area (Å²) in [5, 5.41) is 2.90. The molecule has 0 spiro atoms. The third-order valence-corrected chi connectivity index (χ3v) is 9.02. The number of sulfonamides is 1. The Bertz CT molecular complexity index is 1700. The zero-order chi connectivity index (χ0) is 31.9. The number of amides is 2. The molecule has 0 unspecified atom stereocenters. The second-order valence-electron chi connectivity index (χ2n) is 11.1. The van der Waals surface area contributed by atoms with Gasteiger partial charge in [-0.15, -0.1) is 0 Å². The van der Waals surface area contributed by atoms with Crippen LogP contribution < -0.4 is 9.62 Å². The van der Waals surface area contributed by atoms with Gasteiger partial charge in [0.05, 0.1) is 10.6 Å². The first-order valence-corrected chi connectivity index (χ1v) is 15.9. The molecule has 0 aliphatic heterocycles. The zero-order valence-corrected chi connectivity index (χ0v) is 26.2. The summed E-state index contributed by atoms with van der Waals surface area (Å²) < 4.78 is 44.3. The summed E-state index contributed by atoms with van der Waals surface area (Å²) >= 11 is 0. The molecule has 0 saturated carbocycles. The molecule has 0 bridgehead atoms. The summed E-state index contributed by atoms with van der Waals surface area (Å²) in [6.07, 6.45) is 0.147. The van der Waals surface area contributed by atoms with Gasteiger partial charge in [-0.25, -0.2) is 12.8 Å². The van der Waals surface area contributed by atoms with Gasteiger partial charge in [0.25, 0.3) is 10.0 Å². The lowest BCUT2D eigenvalue weighted by Crippen LogP contribution is -2.54. The molecule has 0 saturated heterocycles. The molecule has 230 valence electrons. The van der Waals surface area contributed by atoms with Gasteiger partial charge in [0, 0.05) is 24.6 Å². The molecule has 0 fully saturated rings. The highest BCUT2D eigenvalue weighted by atomic mass is 32.2. The van der Waals surface area contributed by atoms with Gasteiger partial charge in [0.1, 0.15) is 18.4 Å². The normalized spacial score (nSPS) is 12.0. The van der Waals surface area contributed by atoms with Crippen molar-refractivity contribution in [2.45, 2.75) is 57.6 Å². The highest BCUT2D eigenvalue weighted by molar-refractivity contribution is 7.92. The third kappa shape index (κ3) is 7.90. The van der Waals surface area contributed by atoms with Crippen molar-refractivity contribution in [2.75, 3.05) is 10.8 Å². The molecule has 2 amide bonds. The molecule has 0 heterocycles. The van der Waals surface area contributed by atoms with Gasteiger partial charge in [-0.2, -0.15) is 0 Å². The Hall–Kier alpha value is -4.50. The SMILES string of the molecule is Cc1ccc(C)c(N(CC(=O)N(Cc2ccccc2F)[C@@H](Cc2ccccc2)C(=O)NC(C)C)S(=O)(=O)c2ccccc2)c1. The fourth-order valence-corrected chi connectivity index (χ4v) is 6.46. The van der Waals surface area contributed by atoms with Crippen molar-refractivity contribution in [3.05, 3.63) is 131 Å². The van der Waals surface area contributed by atoms with Crippen LogP contribution in [0.15, 0.2) is 108 Å². The minimum atomic E-state index is -4.22. The summed E-state index contributed by atoms with van der Waals surface area (Å²) in [4.78, 5) is 29.5. The van der Waals surface area contributed by atoms with Crippen molar-refractivity contribution < 1.29 is 22.4 Å². The average Bonchev–Trinajstić information content (AvgIpc) is 3.00. The number of nitrogens with zero attached hydrogens (tertiary/aromatic N) is 2. The Morgan fingerprint density at radius 2 is 1.45 bits per heavy atom. The van der Waals surface area contributed by atoms with E-state index >= 15 is 4.39 Å². The summed E-state index contributed by atoms with van der Waals surface area (Å²) in [7, 11) is -4.22. The van der Waals surface area contributed by atoms with Crippen molar-refractivity contribution in [2.24, 2.45) is 0 Å². The van der Waals surface area contributed by atoms with Crippen LogP contribution in [0.25, 0.3) is 0 Å². The molecular formula is C35H38FN3O4S. The van der Waals surface area contributed by atoms with E-state index in [0.717, 1.165) is 15.4 Å². The summed E-state index contributed by atoms with van der Waals surface area (Å²) in [5.41, 5.74) is 2.82. The lowest BCUT2D eigenvalue weighted by Gasteiger charge is -2.34. The van der Waals surface area contributed by atoms with Crippen molar-refractivity contribution in [1.82, 2.24) is 10.2 Å². The number of anilines is 1. The average molecular weight is 616 g/mol. The first-order chi connectivity index (χ1) is 21.0. The second-order valence-corrected chi connectivity index (χ2v) is 13.0. The van der Waals surface area contributed by atoms with Crippen LogP contribution >= 0.6 is 0 Å². The van der Waals surface area contributed by atoms with Crippen LogP contribution in [0, 0.1) is 19.7 Å². The van der Waals surface area contributed by atoms with E-state index in [9.17, 15) is 18.0 Å². The molecule has 1 atom stereocenters. The van der Waals surface area contributed by atoms with E-state index < -0.39 is 40.2 Å². The minimum Gasteiger partial charge on any atom is -0.352 e. The number of carbonyl (C=O) groups excluding carboxylic acids is 2. The highest BCUT2D eigenvalue weighted by Crippen LogP contribution is 2.29. The maximum atomic E-state index is 15.0. The van der Waals surface area contributed by atoms with E-state index in [1.807, 2.05) is 57.2 Å². The first-order valence-electron chi connectivity index (χ1n) is 14.5. The lowest BCUT2D eigenvalue weighted by molar-refractivity contribution is -0.140. The fraction of sp³-hybridized carbons (Fsp3) is 0.257. The van der Waals surface area contributed by atoms with Gasteiger partial charge in [-0.05, 0) is 68.7 Å². The van der Waals surface area contributed by atoms with Gasteiger partial charge in [-0.1, -0.05) is 78.9 Å². The first kappa shape index (κ1) is 32.4. The molecule has 4 aromatic carbocycles. The summed E-state index contributed by atoms with van der Waals surface area (Å²) in [6, 6.07) is 27.3. The molecule has 0 aromatic heterocycles. The van der Waals surface area contributed by atoms with E-state index in [1.54, 1.807) is 55.5 Å². The monoisotopic (exact) mass is 615 g/mol. The van der Waals surface area contributed by atoms with Crippen LogP contribution in [0.1, 0.15) is 36.1 Å². The van der Waals surface area contributed by atoms with E-state index in [1.165, 1.54) is 23.1 Å². The Labute approximate surface area is 259 Å². The van der Waals surface area contributed by atoms with E-state index in [4.69, 9.17) is 0 Å². The van der Waals surface area contributed by atoms with Crippen LogP contribution in [0.5, 0.6) is 0 Å². The Balaban J connectivity index is 1.84. The maximum Gasteiger partial charge on any atom is 0.264 e. The van der Waals surface area contributed by atoms with Gasteiger partial charge in [-0.3, -0.25) is 13.9 Å². The van der Waals surface area contributed by atoms with Gasteiger partial charge >= 0.3 is 0 Å². The molecule has 9 heteroatoms. The highest BCUT2D eigenvalue weighted by Gasteiger charge is 2.35. The summed E-state index contributed by atoms with van der Waals surface area (Å²) in [5.74, 6) is -1.59. The van der Waals surface area contributed by atoms with Crippen molar-refractivity contribution in [3.63, 3.8) is 0 Å². The number of hydrogen-bond acceptors (Lipinski definition) is 4. The fourth-order valence-electron chi connectivity index (χ4n) is 4.97. The number of nitrogens with one attached hydrogen (secondary N) is 1. The molecule has 4 aromatic rings. The van der Waals surface area contributed by atoms with Crippen LogP contribution in [0.4, 0.5) is 10.1 Å². The molecule has 4 rings (SSSR count). The smallest absolute Gasteiger partial charge is 0.264 e. The molecular weight excluding hydrogens is 577 g/mol. The molecule has 1 N–H and O–H groups in total. The van der Waals surface area contributed by atoms with Gasteiger partial charge in [0.15, 0.2) is 0 Å². The Morgan fingerprint density at radius 1 is 0.841 bits per heavy atom. The van der Waals surface area contributed by atoms with Gasteiger partial charge < -0.3 is 10.2 Å². The molecule has 0 aliphatic rings. The third-order valence-electron chi connectivity index (χ3n) is 7.24. The number of halogens is 1. The van der Waals surface area contributed by atoms with Crippen molar-refractivity contribution in [1.29, 1.82) is 0 Å². The van der Waals surface area contributed by atoms with Crippen LogP contribution in [0.3, 0.4) is 0 Å². The van der Waals surface area contributed by atoms with E-state index in [2.05, 4.69) is 5.32 Å². The Morgan fingerprint density at radius 3 is 2.09 bits per heavy atom. The second kappa shape index (κ2) is 14.3. The number of hydrogen-bond donors (Lipinski definition) is 1. The number of carbonyl (C=O) groups is 2. The quantitative estimate of drug-likeness (QED) is 0.218. The number of rotatable bonds is 12. The molecule has 0 aliphatic carbocycles. The molecule has 44 heavy (non-hydrogen) atoms. The standard InChI is InChI=1S/C35H38FN3O4S/c1-25(2)37-35(41)33(22-28-13-7-5-8-14-28)38(23-29-15-11-12-18-31(29)36)34(40)24-39(32-21-26(3)19-20-27(32)4)44(42,43)30-16-9-6-10-17-30/h5-21,25,33H,22-24H2,1-4H3,(H,37,41)/t33-/m0/s1. The van der Waals surface area contributed by atoms with Crippen molar-refractivity contribution in [3.8, 4) is 0 Å². The number of aryl methyl sites for hydroxylation is 2. The summed E-state index contributed by atoms with van der Waals surface area (Å²) in [6.45, 7) is 6.41. The minimum absolute atomic E-state index is 0.0211. The van der Waals surface area contributed by atoms with Crippen LogP contribution in [0.2, 0.25) is 0 Å².